The zero-order valence-electron chi connectivity index (χ0n) is 21.7. The Morgan fingerprint density at radius 1 is 1.08 bits per heavy atom. The van der Waals surface area contributed by atoms with Crippen LogP contribution in [0, 0.1) is 13.8 Å². The summed E-state index contributed by atoms with van der Waals surface area (Å²) in [5.74, 6) is -2.28. The molecule has 10 nitrogen and oxygen atoms in total. The van der Waals surface area contributed by atoms with Gasteiger partial charge in [0.1, 0.15) is 5.75 Å². The Morgan fingerprint density at radius 2 is 1.76 bits per heavy atom. The summed E-state index contributed by atoms with van der Waals surface area (Å²) >= 11 is 0. The smallest absolute Gasteiger partial charge is 0.328 e. The van der Waals surface area contributed by atoms with Crippen LogP contribution in [-0.2, 0) is 33.8 Å². The van der Waals surface area contributed by atoms with Gasteiger partial charge in [-0.3, -0.25) is 15.0 Å². The number of nitrogens with one attached hydrogen (secondary N) is 1. The molecule has 0 radical (unpaired) electrons. The van der Waals surface area contributed by atoms with E-state index in [0.29, 0.717) is 24.9 Å². The molecule has 0 unspecified atom stereocenters. The average Bonchev–Trinajstić information content (AvgIpc) is 3.39. The van der Waals surface area contributed by atoms with Crippen molar-refractivity contribution in [2.24, 2.45) is 5.73 Å². The van der Waals surface area contributed by atoms with Crippen molar-refractivity contribution in [2.75, 3.05) is 0 Å². The van der Waals surface area contributed by atoms with Gasteiger partial charge in [-0.05, 0) is 67.5 Å². The number of nitrogens with zero attached hydrogens (tertiary/aromatic N) is 3. The molecule has 38 heavy (non-hydrogen) atoms. The largest absolute Gasteiger partial charge is 0.508 e. The molecule has 0 aliphatic carbocycles. The van der Waals surface area contributed by atoms with Crippen LogP contribution in [0.5, 0.6) is 5.75 Å². The van der Waals surface area contributed by atoms with Crippen LogP contribution in [0.15, 0.2) is 61.2 Å². The van der Waals surface area contributed by atoms with E-state index in [2.05, 4.69) is 10.4 Å². The van der Waals surface area contributed by atoms with Crippen LogP contribution in [0.2, 0.25) is 0 Å². The normalized spacial score (nSPS) is 12.5. The van der Waals surface area contributed by atoms with Crippen molar-refractivity contribution in [3.05, 3.63) is 83.4 Å². The first kappa shape index (κ1) is 28.4. The predicted molar refractivity (Wildman–Crippen MR) is 142 cm³/mol. The summed E-state index contributed by atoms with van der Waals surface area (Å²) in [5, 5.41) is 20.8. The van der Waals surface area contributed by atoms with E-state index in [0.717, 1.165) is 21.7 Å². The van der Waals surface area contributed by atoms with E-state index in [1.54, 1.807) is 48.9 Å². The lowest BCUT2D eigenvalue weighted by atomic mass is 9.96. The third kappa shape index (κ3) is 7.91. The number of hydrogen-bond acceptors (Lipinski definition) is 6. The van der Waals surface area contributed by atoms with Crippen molar-refractivity contribution in [3.8, 4) is 5.75 Å². The second-order valence-corrected chi connectivity index (χ2v) is 9.41. The number of aryl methyl sites for hydroxylation is 3. The van der Waals surface area contributed by atoms with E-state index in [1.165, 1.54) is 0 Å². The van der Waals surface area contributed by atoms with Crippen molar-refractivity contribution in [3.63, 3.8) is 0 Å². The highest BCUT2D eigenvalue weighted by molar-refractivity contribution is 5.88. The molecule has 3 rings (SSSR count). The maximum Gasteiger partial charge on any atom is 0.328 e. The van der Waals surface area contributed by atoms with Crippen molar-refractivity contribution in [1.82, 2.24) is 20.0 Å². The summed E-state index contributed by atoms with van der Waals surface area (Å²) in [4.78, 5) is 42.7. The SMILES string of the molecule is Cc1cc(O)cc(C)c1C[C@@H](N)C(=O)NN(C(=O)CCCCn1ccnc1)[C@@H](Cc1ccccc1)C(=O)O. The molecule has 0 saturated carbocycles. The van der Waals surface area contributed by atoms with Gasteiger partial charge in [0, 0.05) is 31.8 Å². The summed E-state index contributed by atoms with van der Waals surface area (Å²) in [6.07, 6.45) is 6.60. The molecule has 0 spiro atoms. The molecular weight excluding hydrogens is 486 g/mol. The summed E-state index contributed by atoms with van der Waals surface area (Å²) in [6.45, 7) is 4.29. The van der Waals surface area contributed by atoms with Crippen molar-refractivity contribution in [1.29, 1.82) is 0 Å². The average molecular weight is 522 g/mol. The first-order valence-electron chi connectivity index (χ1n) is 12.6. The van der Waals surface area contributed by atoms with Crippen LogP contribution in [0.3, 0.4) is 0 Å². The van der Waals surface area contributed by atoms with E-state index < -0.39 is 29.9 Å². The molecule has 202 valence electrons. The number of carboxylic acids is 1. The van der Waals surface area contributed by atoms with Crippen LogP contribution in [0.25, 0.3) is 0 Å². The highest BCUT2D eigenvalue weighted by Crippen LogP contribution is 2.22. The number of carboxylic acid groups (broad SMARTS) is 1. The minimum atomic E-state index is -1.31. The third-order valence-electron chi connectivity index (χ3n) is 6.43. The molecule has 2 amide bonds. The molecule has 1 aromatic heterocycles. The van der Waals surface area contributed by atoms with Crippen LogP contribution >= 0.6 is 0 Å². The Balaban J connectivity index is 1.75. The fourth-order valence-corrected chi connectivity index (χ4v) is 4.36. The van der Waals surface area contributed by atoms with Gasteiger partial charge < -0.3 is 20.5 Å². The summed E-state index contributed by atoms with van der Waals surface area (Å²) < 4.78 is 1.89. The molecule has 3 aromatic rings. The number of unbranched alkanes of at least 4 members (excludes halogenated alkanes) is 1. The number of hydrazine groups is 1. The molecular formula is C28H35N5O5. The molecule has 2 aromatic carbocycles. The first-order valence-corrected chi connectivity index (χ1v) is 12.6. The molecule has 2 atom stereocenters. The maximum atomic E-state index is 13.3. The van der Waals surface area contributed by atoms with Gasteiger partial charge in [0.2, 0.25) is 5.91 Å². The number of amides is 2. The standard InChI is InChI=1S/C28H35N5O5/c1-19-14-22(34)15-20(2)23(19)17-24(29)27(36)31-33(25(28(37)38)16-21-8-4-3-5-9-21)26(35)10-6-7-12-32-13-11-30-18-32/h3-5,8-9,11,13-15,18,24-25,34H,6-7,10,12,16-17,29H2,1-2H3,(H,31,36)(H,37,38)/t24-,25+/m1/s1. The highest BCUT2D eigenvalue weighted by atomic mass is 16.4. The van der Waals surface area contributed by atoms with E-state index in [1.807, 2.05) is 30.7 Å². The fraction of sp³-hybridized carbons (Fsp3) is 0.357. The Morgan fingerprint density at radius 3 is 2.37 bits per heavy atom. The molecule has 0 bridgehead atoms. The van der Waals surface area contributed by atoms with Crippen molar-refractivity contribution >= 4 is 17.8 Å². The lowest BCUT2D eigenvalue weighted by Crippen LogP contribution is -2.59. The number of aromatic hydroxyl groups is 1. The quantitative estimate of drug-likeness (QED) is 0.211. The van der Waals surface area contributed by atoms with Crippen molar-refractivity contribution in [2.45, 2.75) is 64.6 Å². The zero-order chi connectivity index (χ0) is 27.7. The Hall–Kier alpha value is -4.18. The van der Waals surface area contributed by atoms with Crippen LogP contribution in [-0.4, -0.2) is 54.6 Å². The topological polar surface area (TPSA) is 151 Å². The van der Waals surface area contributed by atoms with Gasteiger partial charge in [-0.2, -0.15) is 0 Å². The number of benzene rings is 2. The van der Waals surface area contributed by atoms with E-state index in [9.17, 15) is 24.6 Å². The second kappa shape index (κ2) is 13.4. The summed E-state index contributed by atoms with van der Waals surface area (Å²) in [7, 11) is 0. The number of phenols is 1. The zero-order valence-corrected chi connectivity index (χ0v) is 21.7. The van der Waals surface area contributed by atoms with Gasteiger partial charge in [-0.25, -0.2) is 14.8 Å². The molecule has 10 heteroatoms. The van der Waals surface area contributed by atoms with Crippen LogP contribution < -0.4 is 11.2 Å². The number of hydrogen-bond donors (Lipinski definition) is 4. The van der Waals surface area contributed by atoms with Crippen molar-refractivity contribution < 1.29 is 24.6 Å². The van der Waals surface area contributed by atoms with Gasteiger partial charge in [0.15, 0.2) is 6.04 Å². The Labute approximate surface area is 222 Å². The highest BCUT2D eigenvalue weighted by Gasteiger charge is 2.32. The number of phenolic OH excluding ortho intramolecular Hbond substituents is 1. The lowest BCUT2D eigenvalue weighted by molar-refractivity contribution is -0.156. The number of carbonyl (C=O) groups is 3. The fourth-order valence-electron chi connectivity index (χ4n) is 4.36. The minimum absolute atomic E-state index is 0.0165. The van der Waals surface area contributed by atoms with Crippen LogP contribution in [0.1, 0.15) is 41.5 Å². The number of aliphatic carboxylic acids is 1. The molecule has 0 aliphatic rings. The summed E-state index contributed by atoms with van der Waals surface area (Å²) in [6, 6.07) is 9.75. The number of aromatic nitrogens is 2. The third-order valence-corrected chi connectivity index (χ3v) is 6.43. The van der Waals surface area contributed by atoms with Gasteiger partial charge in [-0.1, -0.05) is 30.3 Å². The molecule has 0 aliphatic heterocycles. The number of nitrogens with two attached hydrogens (primary N) is 1. The van der Waals surface area contributed by atoms with E-state index in [4.69, 9.17) is 5.73 Å². The maximum absolute atomic E-state index is 13.3. The second-order valence-electron chi connectivity index (χ2n) is 9.41. The van der Waals surface area contributed by atoms with Gasteiger partial charge >= 0.3 is 5.97 Å². The number of imidazole rings is 1. The van der Waals surface area contributed by atoms with E-state index >= 15 is 0 Å². The van der Waals surface area contributed by atoms with Gasteiger partial charge in [-0.15, -0.1) is 0 Å². The lowest BCUT2D eigenvalue weighted by Gasteiger charge is -2.30. The van der Waals surface area contributed by atoms with Crippen LogP contribution in [0.4, 0.5) is 0 Å². The number of carbonyl (C=O) groups excluding carboxylic acids is 2. The first-order chi connectivity index (χ1) is 18.2. The van der Waals surface area contributed by atoms with Gasteiger partial charge in [0.05, 0.1) is 12.4 Å². The van der Waals surface area contributed by atoms with Gasteiger partial charge in [0.25, 0.3) is 5.91 Å². The molecule has 1 heterocycles. The minimum Gasteiger partial charge on any atom is -0.508 e. The predicted octanol–water partition coefficient (Wildman–Crippen LogP) is 2.50. The Kier molecular flexibility index (Phi) is 10.0. The number of rotatable bonds is 12. The Bertz CT molecular complexity index is 1210. The molecule has 0 saturated heterocycles. The summed E-state index contributed by atoms with van der Waals surface area (Å²) in [5.41, 5.74) is 11.8. The van der Waals surface area contributed by atoms with E-state index in [-0.39, 0.29) is 25.0 Å². The molecule has 0 fully saturated rings. The monoisotopic (exact) mass is 521 g/mol. The molecule has 5 N–H and O–H groups in total.